The van der Waals surface area contributed by atoms with E-state index in [1.807, 2.05) is 18.2 Å². The van der Waals surface area contributed by atoms with Gasteiger partial charge in [-0.2, -0.15) is 0 Å². The number of amides is 2. The minimum atomic E-state index is -0.927. The molecular weight excluding hydrogens is 368 g/mol. The number of hydrogen-bond acceptors (Lipinski definition) is 4. The molecule has 0 unspecified atom stereocenters. The summed E-state index contributed by atoms with van der Waals surface area (Å²) in [6, 6.07) is 16.3. The van der Waals surface area contributed by atoms with Gasteiger partial charge in [-0.05, 0) is 42.2 Å². The Bertz CT molecular complexity index is 839. The van der Waals surface area contributed by atoms with E-state index in [0.29, 0.717) is 11.3 Å². The maximum absolute atomic E-state index is 12.2. The quantitative estimate of drug-likeness (QED) is 0.700. The Kier molecular flexibility index (Phi) is 7.53. The third-order valence-electron chi connectivity index (χ3n) is 4.35. The number of hydrogen-bond donors (Lipinski definition) is 2. The zero-order valence-electron chi connectivity index (χ0n) is 17.3. The zero-order chi connectivity index (χ0) is 21.4. The molecule has 0 aliphatic rings. The van der Waals surface area contributed by atoms with Gasteiger partial charge in [0, 0.05) is 17.8 Å². The molecule has 2 amide bonds. The summed E-state index contributed by atoms with van der Waals surface area (Å²) in [4.78, 5) is 36.2. The summed E-state index contributed by atoms with van der Waals surface area (Å²) in [5, 5.41) is 5.36. The number of ether oxygens (including phenoxy) is 1. The summed E-state index contributed by atoms with van der Waals surface area (Å²) in [5.74, 6) is -1.22. The predicted octanol–water partition coefficient (Wildman–Crippen LogP) is 3.67. The molecule has 0 aromatic heterocycles. The maximum atomic E-state index is 12.2. The number of rotatable bonds is 7. The molecule has 0 aliphatic carbocycles. The highest BCUT2D eigenvalue weighted by Crippen LogP contribution is 2.22. The highest BCUT2D eigenvalue weighted by atomic mass is 16.5. The first-order valence-corrected chi connectivity index (χ1v) is 9.61. The van der Waals surface area contributed by atoms with Gasteiger partial charge in [-0.15, -0.1) is 0 Å². The van der Waals surface area contributed by atoms with Gasteiger partial charge in [0.1, 0.15) is 0 Å². The van der Waals surface area contributed by atoms with Gasteiger partial charge >= 0.3 is 5.97 Å². The smallest absolute Gasteiger partial charge is 0.308 e. The first kappa shape index (κ1) is 22.1. The predicted molar refractivity (Wildman–Crippen MR) is 113 cm³/mol. The van der Waals surface area contributed by atoms with E-state index >= 15 is 0 Å². The van der Waals surface area contributed by atoms with Crippen molar-refractivity contribution < 1.29 is 19.1 Å². The van der Waals surface area contributed by atoms with Crippen molar-refractivity contribution in [3.8, 4) is 0 Å². The van der Waals surface area contributed by atoms with Crippen molar-refractivity contribution in [1.82, 2.24) is 5.32 Å². The van der Waals surface area contributed by atoms with Crippen molar-refractivity contribution >= 4 is 23.5 Å². The van der Waals surface area contributed by atoms with Crippen molar-refractivity contribution in [2.75, 3.05) is 11.9 Å². The standard InChI is InChI=1S/C23H28N2O4/c1-16(21(27)25-19-8-6-5-7-9-19)29-20(26)14-15-24-22(28)17-10-12-18(13-11-17)23(2,3)4/h5-13,16H,14-15H2,1-4H3,(H,24,28)(H,25,27)/t16-/m0/s1. The number of anilines is 1. The lowest BCUT2D eigenvalue weighted by molar-refractivity contribution is -0.153. The third kappa shape index (κ3) is 7.07. The fourth-order valence-electron chi connectivity index (χ4n) is 2.58. The number of carbonyl (C=O) groups excluding carboxylic acids is 3. The lowest BCUT2D eigenvalue weighted by Gasteiger charge is -2.19. The van der Waals surface area contributed by atoms with Gasteiger partial charge in [-0.25, -0.2) is 0 Å². The Morgan fingerprint density at radius 3 is 2.17 bits per heavy atom. The SMILES string of the molecule is C[C@H](OC(=O)CCNC(=O)c1ccc(C(C)(C)C)cc1)C(=O)Nc1ccccc1. The highest BCUT2D eigenvalue weighted by Gasteiger charge is 2.18. The Morgan fingerprint density at radius 1 is 0.966 bits per heavy atom. The normalized spacial score (nSPS) is 12.0. The largest absolute Gasteiger partial charge is 0.452 e. The Morgan fingerprint density at radius 2 is 1.59 bits per heavy atom. The number of para-hydroxylation sites is 1. The molecule has 0 aliphatic heterocycles. The fourth-order valence-corrected chi connectivity index (χ4v) is 2.58. The molecule has 2 aromatic carbocycles. The second-order valence-corrected chi connectivity index (χ2v) is 7.82. The molecule has 29 heavy (non-hydrogen) atoms. The van der Waals surface area contributed by atoms with Gasteiger partial charge < -0.3 is 15.4 Å². The molecule has 154 valence electrons. The second-order valence-electron chi connectivity index (χ2n) is 7.82. The summed E-state index contributed by atoms with van der Waals surface area (Å²) in [5.41, 5.74) is 2.31. The topological polar surface area (TPSA) is 84.5 Å². The summed E-state index contributed by atoms with van der Waals surface area (Å²) < 4.78 is 5.12. The summed E-state index contributed by atoms with van der Waals surface area (Å²) in [6.45, 7) is 7.95. The van der Waals surface area contributed by atoms with Crippen molar-refractivity contribution in [3.05, 3.63) is 65.7 Å². The fraction of sp³-hybridized carbons (Fsp3) is 0.348. The van der Waals surface area contributed by atoms with E-state index in [-0.39, 0.29) is 24.3 Å². The Balaban J connectivity index is 1.74. The minimum absolute atomic E-state index is 0.0161. The van der Waals surface area contributed by atoms with Gasteiger partial charge in [-0.3, -0.25) is 14.4 Å². The third-order valence-corrected chi connectivity index (χ3v) is 4.35. The molecule has 0 saturated carbocycles. The summed E-state index contributed by atoms with van der Waals surface area (Å²) in [6.07, 6.45) is -0.947. The van der Waals surface area contributed by atoms with Gasteiger partial charge in [0.2, 0.25) is 0 Å². The monoisotopic (exact) mass is 396 g/mol. The Labute approximate surface area is 171 Å². The van der Waals surface area contributed by atoms with Crippen LogP contribution in [0.2, 0.25) is 0 Å². The van der Waals surface area contributed by atoms with E-state index < -0.39 is 18.0 Å². The van der Waals surface area contributed by atoms with E-state index in [1.54, 1.807) is 36.4 Å². The molecule has 0 saturated heterocycles. The van der Waals surface area contributed by atoms with E-state index in [2.05, 4.69) is 31.4 Å². The molecule has 0 spiro atoms. The minimum Gasteiger partial charge on any atom is -0.452 e. The van der Waals surface area contributed by atoms with Crippen LogP contribution in [-0.4, -0.2) is 30.4 Å². The van der Waals surface area contributed by atoms with Crippen molar-refractivity contribution in [2.45, 2.75) is 45.6 Å². The first-order chi connectivity index (χ1) is 13.7. The van der Waals surface area contributed by atoms with Crippen LogP contribution < -0.4 is 10.6 Å². The van der Waals surface area contributed by atoms with Gasteiger partial charge in [0.15, 0.2) is 6.10 Å². The van der Waals surface area contributed by atoms with Gasteiger partial charge in [0.25, 0.3) is 11.8 Å². The molecular formula is C23H28N2O4. The van der Waals surface area contributed by atoms with E-state index in [9.17, 15) is 14.4 Å². The number of esters is 1. The molecule has 0 fully saturated rings. The zero-order valence-corrected chi connectivity index (χ0v) is 17.3. The summed E-state index contributed by atoms with van der Waals surface area (Å²) in [7, 11) is 0. The van der Waals surface area contributed by atoms with Crippen LogP contribution in [0.15, 0.2) is 54.6 Å². The van der Waals surface area contributed by atoms with E-state index in [0.717, 1.165) is 5.56 Å². The molecule has 6 nitrogen and oxygen atoms in total. The summed E-state index contributed by atoms with van der Waals surface area (Å²) >= 11 is 0. The van der Waals surface area contributed by atoms with Gasteiger partial charge in [-0.1, -0.05) is 51.1 Å². The van der Waals surface area contributed by atoms with E-state index in [1.165, 1.54) is 6.92 Å². The molecule has 6 heteroatoms. The maximum Gasteiger partial charge on any atom is 0.308 e. The van der Waals surface area contributed by atoms with Crippen LogP contribution in [0, 0.1) is 0 Å². The van der Waals surface area contributed by atoms with Crippen LogP contribution in [0.1, 0.15) is 50.0 Å². The molecule has 1 atom stereocenters. The van der Waals surface area contributed by atoms with Crippen molar-refractivity contribution in [1.29, 1.82) is 0 Å². The average molecular weight is 396 g/mol. The number of carbonyl (C=O) groups is 3. The van der Waals surface area contributed by atoms with Crippen LogP contribution in [0.5, 0.6) is 0 Å². The molecule has 2 rings (SSSR count). The average Bonchev–Trinajstić information content (AvgIpc) is 2.68. The van der Waals surface area contributed by atoms with Gasteiger partial charge in [0.05, 0.1) is 6.42 Å². The lowest BCUT2D eigenvalue weighted by atomic mass is 9.87. The van der Waals surface area contributed by atoms with Crippen LogP contribution in [-0.2, 0) is 19.7 Å². The van der Waals surface area contributed by atoms with Crippen LogP contribution in [0.4, 0.5) is 5.69 Å². The van der Waals surface area contributed by atoms with Crippen molar-refractivity contribution in [2.24, 2.45) is 0 Å². The molecule has 0 bridgehead atoms. The number of benzene rings is 2. The van der Waals surface area contributed by atoms with Crippen LogP contribution >= 0.6 is 0 Å². The molecule has 2 N–H and O–H groups in total. The highest BCUT2D eigenvalue weighted by molar-refractivity contribution is 5.95. The molecule has 2 aromatic rings. The van der Waals surface area contributed by atoms with E-state index in [4.69, 9.17) is 4.74 Å². The number of nitrogens with one attached hydrogen (secondary N) is 2. The first-order valence-electron chi connectivity index (χ1n) is 9.61. The molecule has 0 radical (unpaired) electrons. The van der Waals surface area contributed by atoms with Crippen LogP contribution in [0.3, 0.4) is 0 Å². The lowest BCUT2D eigenvalue weighted by Crippen LogP contribution is -2.32. The van der Waals surface area contributed by atoms with Crippen LogP contribution in [0.25, 0.3) is 0 Å². The molecule has 0 heterocycles. The Hall–Kier alpha value is -3.15. The van der Waals surface area contributed by atoms with Crippen molar-refractivity contribution in [3.63, 3.8) is 0 Å². The second kappa shape index (κ2) is 9.87.